The third-order valence-electron chi connectivity index (χ3n) is 2.84. The largest absolute Gasteiger partial charge is 0.467 e. The Morgan fingerprint density at radius 1 is 1.33 bits per heavy atom. The van der Waals surface area contributed by atoms with E-state index >= 15 is 0 Å². The molecule has 96 valence electrons. The fraction of sp³-hybridized carbons (Fsp3) is 0.286. The molecule has 0 saturated carbocycles. The SMILES string of the molecule is CN(Cc1ccco1)c1ccc(Cl)cc1CCN. The molecule has 2 N–H and O–H groups in total. The van der Waals surface area contributed by atoms with Crippen molar-refractivity contribution >= 4 is 17.3 Å². The molecule has 1 aromatic carbocycles. The molecule has 0 atom stereocenters. The van der Waals surface area contributed by atoms with Gasteiger partial charge < -0.3 is 15.1 Å². The van der Waals surface area contributed by atoms with E-state index < -0.39 is 0 Å². The smallest absolute Gasteiger partial charge is 0.123 e. The van der Waals surface area contributed by atoms with Gasteiger partial charge in [-0.25, -0.2) is 0 Å². The van der Waals surface area contributed by atoms with Crippen molar-refractivity contribution in [2.75, 3.05) is 18.5 Å². The molecule has 1 heterocycles. The number of benzene rings is 1. The second-order valence-corrected chi connectivity index (χ2v) is 4.68. The molecule has 2 aromatic rings. The van der Waals surface area contributed by atoms with Gasteiger partial charge in [-0.1, -0.05) is 11.6 Å². The minimum absolute atomic E-state index is 0.613. The van der Waals surface area contributed by atoms with Crippen molar-refractivity contribution in [1.29, 1.82) is 0 Å². The molecule has 18 heavy (non-hydrogen) atoms. The average molecular weight is 265 g/mol. The summed E-state index contributed by atoms with van der Waals surface area (Å²) in [4.78, 5) is 2.14. The van der Waals surface area contributed by atoms with Gasteiger partial charge in [0.1, 0.15) is 5.76 Å². The zero-order valence-electron chi connectivity index (χ0n) is 10.4. The normalized spacial score (nSPS) is 10.6. The Morgan fingerprint density at radius 3 is 2.83 bits per heavy atom. The van der Waals surface area contributed by atoms with Crippen molar-refractivity contribution in [3.63, 3.8) is 0 Å². The van der Waals surface area contributed by atoms with E-state index in [1.54, 1.807) is 6.26 Å². The molecule has 0 fully saturated rings. The maximum absolute atomic E-state index is 6.02. The van der Waals surface area contributed by atoms with Gasteiger partial charge in [0, 0.05) is 17.8 Å². The molecule has 0 spiro atoms. The molecule has 1 aromatic heterocycles. The average Bonchev–Trinajstić information content (AvgIpc) is 2.82. The fourth-order valence-corrected chi connectivity index (χ4v) is 2.20. The highest BCUT2D eigenvalue weighted by molar-refractivity contribution is 6.30. The molecular formula is C14H17ClN2O. The molecule has 0 aliphatic rings. The Hall–Kier alpha value is -1.45. The van der Waals surface area contributed by atoms with E-state index in [2.05, 4.69) is 4.90 Å². The lowest BCUT2D eigenvalue weighted by Crippen LogP contribution is -2.18. The molecule has 0 radical (unpaired) electrons. The summed E-state index contributed by atoms with van der Waals surface area (Å²) in [6, 6.07) is 9.76. The predicted molar refractivity (Wildman–Crippen MR) is 75.0 cm³/mol. The summed E-state index contributed by atoms with van der Waals surface area (Å²) in [6.45, 7) is 1.34. The van der Waals surface area contributed by atoms with E-state index in [0.29, 0.717) is 6.54 Å². The van der Waals surface area contributed by atoms with Crippen LogP contribution in [0.2, 0.25) is 5.02 Å². The highest BCUT2D eigenvalue weighted by Crippen LogP contribution is 2.25. The van der Waals surface area contributed by atoms with Gasteiger partial charge in [0.05, 0.1) is 12.8 Å². The molecule has 2 rings (SSSR count). The van der Waals surface area contributed by atoms with Gasteiger partial charge in [-0.2, -0.15) is 0 Å². The second kappa shape index (κ2) is 5.94. The van der Waals surface area contributed by atoms with Crippen LogP contribution >= 0.6 is 11.6 Å². The summed E-state index contributed by atoms with van der Waals surface area (Å²) in [7, 11) is 2.03. The Kier molecular flexibility index (Phi) is 4.28. The van der Waals surface area contributed by atoms with Crippen LogP contribution in [0.25, 0.3) is 0 Å². The molecule has 0 amide bonds. The Morgan fingerprint density at radius 2 is 2.17 bits per heavy atom. The van der Waals surface area contributed by atoms with E-state index in [9.17, 15) is 0 Å². The first-order chi connectivity index (χ1) is 8.70. The molecular weight excluding hydrogens is 248 g/mol. The third kappa shape index (κ3) is 3.06. The van der Waals surface area contributed by atoms with Gasteiger partial charge in [0.15, 0.2) is 0 Å². The molecule has 0 aliphatic heterocycles. The van der Waals surface area contributed by atoms with E-state index in [1.165, 1.54) is 5.56 Å². The van der Waals surface area contributed by atoms with Crippen LogP contribution in [-0.4, -0.2) is 13.6 Å². The van der Waals surface area contributed by atoms with Crippen LogP contribution in [0.1, 0.15) is 11.3 Å². The molecule has 0 aliphatic carbocycles. The number of hydrogen-bond acceptors (Lipinski definition) is 3. The van der Waals surface area contributed by atoms with Gasteiger partial charge in [-0.15, -0.1) is 0 Å². The summed E-state index contributed by atoms with van der Waals surface area (Å²) >= 11 is 6.02. The lowest BCUT2D eigenvalue weighted by atomic mass is 10.1. The van der Waals surface area contributed by atoms with Crippen LogP contribution < -0.4 is 10.6 Å². The van der Waals surface area contributed by atoms with Crippen LogP contribution in [0.15, 0.2) is 41.0 Å². The molecule has 0 bridgehead atoms. The van der Waals surface area contributed by atoms with Gasteiger partial charge in [-0.05, 0) is 48.9 Å². The van der Waals surface area contributed by atoms with Gasteiger partial charge in [0.25, 0.3) is 0 Å². The number of furan rings is 1. The zero-order chi connectivity index (χ0) is 13.0. The topological polar surface area (TPSA) is 42.4 Å². The highest BCUT2D eigenvalue weighted by Gasteiger charge is 2.09. The minimum atomic E-state index is 0.613. The Balaban J connectivity index is 2.20. The number of hydrogen-bond donors (Lipinski definition) is 1. The number of halogens is 1. The van der Waals surface area contributed by atoms with Crippen LogP contribution in [0.4, 0.5) is 5.69 Å². The van der Waals surface area contributed by atoms with Crippen LogP contribution in [0.5, 0.6) is 0 Å². The lowest BCUT2D eigenvalue weighted by molar-refractivity contribution is 0.507. The first-order valence-electron chi connectivity index (χ1n) is 5.92. The van der Waals surface area contributed by atoms with Crippen molar-refractivity contribution < 1.29 is 4.42 Å². The lowest BCUT2D eigenvalue weighted by Gasteiger charge is -2.21. The number of anilines is 1. The maximum atomic E-state index is 6.02. The van der Waals surface area contributed by atoms with Gasteiger partial charge in [0.2, 0.25) is 0 Å². The zero-order valence-corrected chi connectivity index (χ0v) is 11.2. The van der Waals surface area contributed by atoms with Crippen LogP contribution in [0.3, 0.4) is 0 Å². The first kappa shape index (κ1) is 13.0. The minimum Gasteiger partial charge on any atom is -0.467 e. The standard InChI is InChI=1S/C14H17ClN2O/c1-17(10-13-3-2-8-18-13)14-5-4-12(15)9-11(14)6-7-16/h2-5,8-9H,6-7,10,16H2,1H3. The number of nitrogens with two attached hydrogens (primary N) is 1. The predicted octanol–water partition coefficient (Wildman–Crippen LogP) is 3.07. The summed E-state index contributed by atoms with van der Waals surface area (Å²) in [5.41, 5.74) is 7.94. The van der Waals surface area contributed by atoms with E-state index in [0.717, 1.165) is 29.4 Å². The van der Waals surface area contributed by atoms with E-state index in [-0.39, 0.29) is 0 Å². The maximum Gasteiger partial charge on any atom is 0.123 e. The van der Waals surface area contributed by atoms with E-state index in [4.69, 9.17) is 21.8 Å². The highest BCUT2D eigenvalue weighted by atomic mass is 35.5. The van der Waals surface area contributed by atoms with Crippen molar-refractivity contribution in [1.82, 2.24) is 0 Å². The summed E-state index contributed by atoms with van der Waals surface area (Å²) in [6.07, 6.45) is 2.50. The van der Waals surface area contributed by atoms with Crippen LogP contribution in [-0.2, 0) is 13.0 Å². The van der Waals surface area contributed by atoms with Crippen molar-refractivity contribution in [2.45, 2.75) is 13.0 Å². The fourth-order valence-electron chi connectivity index (χ4n) is 2.00. The number of rotatable bonds is 5. The number of nitrogens with zero attached hydrogens (tertiary/aromatic N) is 1. The molecule has 3 nitrogen and oxygen atoms in total. The quantitative estimate of drug-likeness (QED) is 0.903. The second-order valence-electron chi connectivity index (χ2n) is 4.25. The summed E-state index contributed by atoms with van der Waals surface area (Å²) in [5.74, 6) is 0.936. The van der Waals surface area contributed by atoms with E-state index in [1.807, 2.05) is 37.4 Å². The first-order valence-corrected chi connectivity index (χ1v) is 6.30. The summed E-state index contributed by atoms with van der Waals surface area (Å²) in [5, 5.41) is 0.744. The molecule has 0 saturated heterocycles. The van der Waals surface area contributed by atoms with Crippen molar-refractivity contribution in [2.24, 2.45) is 5.73 Å². The molecule has 4 heteroatoms. The molecule has 0 unspecified atom stereocenters. The Bertz CT molecular complexity index is 497. The van der Waals surface area contributed by atoms with Gasteiger partial charge >= 0.3 is 0 Å². The third-order valence-corrected chi connectivity index (χ3v) is 3.07. The van der Waals surface area contributed by atoms with Gasteiger partial charge in [-0.3, -0.25) is 0 Å². The monoisotopic (exact) mass is 264 g/mol. The van der Waals surface area contributed by atoms with Crippen LogP contribution in [0, 0.1) is 0 Å². The Labute approximate surface area is 112 Å². The van der Waals surface area contributed by atoms with Crippen molar-refractivity contribution in [3.05, 3.63) is 52.9 Å². The summed E-state index contributed by atoms with van der Waals surface area (Å²) < 4.78 is 5.36. The van der Waals surface area contributed by atoms with Crippen molar-refractivity contribution in [3.8, 4) is 0 Å².